The molecule has 3 aromatic rings. The Bertz CT molecular complexity index is 1260. The fourth-order valence-corrected chi connectivity index (χ4v) is 5.39. The summed E-state index contributed by atoms with van der Waals surface area (Å²) in [6.45, 7) is 4.34. The van der Waals surface area contributed by atoms with Crippen LogP contribution in [0.3, 0.4) is 0 Å². The lowest BCUT2D eigenvalue weighted by Crippen LogP contribution is -2.49. The second-order valence-corrected chi connectivity index (χ2v) is 10.5. The number of rotatable bonds is 11. The maximum Gasteiger partial charge on any atom is 0.411 e. The minimum atomic E-state index is -0.943. The summed E-state index contributed by atoms with van der Waals surface area (Å²) in [5.41, 5.74) is 5.63. The van der Waals surface area contributed by atoms with E-state index in [-0.39, 0.29) is 18.9 Å². The van der Waals surface area contributed by atoms with Gasteiger partial charge in [0.05, 0.1) is 0 Å². The minimum absolute atomic E-state index is 0.00125. The molecule has 2 N–H and O–H groups in total. The zero-order valence-electron chi connectivity index (χ0n) is 22.0. The number of likely N-dealkylation sites (N-methyl/N-ethyl adjacent to an activating group) is 1. The highest BCUT2D eigenvalue weighted by Crippen LogP contribution is 2.44. The van der Waals surface area contributed by atoms with E-state index in [2.05, 4.69) is 29.6 Å². The van der Waals surface area contributed by atoms with Crippen molar-refractivity contribution in [1.82, 2.24) is 4.90 Å². The van der Waals surface area contributed by atoms with Crippen molar-refractivity contribution in [2.45, 2.75) is 38.6 Å². The number of nitrogens with one attached hydrogen (secondary N) is 1. The van der Waals surface area contributed by atoms with Crippen LogP contribution in [0.4, 0.5) is 10.5 Å². The number of carboxylic acids is 1. The van der Waals surface area contributed by atoms with Crippen molar-refractivity contribution in [3.63, 3.8) is 0 Å². The van der Waals surface area contributed by atoms with Crippen LogP contribution >= 0.6 is 0 Å². The number of aldehydes is 1. The van der Waals surface area contributed by atoms with E-state index in [4.69, 9.17) is 4.74 Å². The number of carbonyl (C=O) groups excluding carboxylic acids is 2. The van der Waals surface area contributed by atoms with E-state index in [1.54, 1.807) is 25.8 Å². The van der Waals surface area contributed by atoms with Crippen LogP contribution in [0.2, 0.25) is 0 Å². The molecule has 3 aromatic carbocycles. The van der Waals surface area contributed by atoms with Crippen LogP contribution < -0.4 is 5.32 Å². The molecule has 0 aromatic heterocycles. The van der Waals surface area contributed by atoms with Crippen molar-refractivity contribution in [3.8, 4) is 11.1 Å². The van der Waals surface area contributed by atoms with Crippen LogP contribution in [0.25, 0.3) is 11.1 Å². The average molecular weight is 515 g/mol. The van der Waals surface area contributed by atoms with Gasteiger partial charge in [0.25, 0.3) is 0 Å². The lowest BCUT2D eigenvalue weighted by molar-refractivity contribution is -0.147. The highest BCUT2D eigenvalue weighted by molar-refractivity contribution is 5.85. The molecule has 0 spiro atoms. The molecule has 1 unspecified atom stereocenters. The quantitative estimate of drug-likeness (QED) is 0.324. The Hall–Kier alpha value is -3.97. The molecule has 7 nitrogen and oxygen atoms in total. The van der Waals surface area contributed by atoms with Gasteiger partial charge < -0.3 is 14.6 Å². The van der Waals surface area contributed by atoms with Crippen molar-refractivity contribution in [2.24, 2.45) is 5.41 Å². The van der Waals surface area contributed by atoms with Crippen molar-refractivity contribution in [2.75, 3.05) is 25.5 Å². The average Bonchev–Trinajstić information content (AvgIpc) is 3.20. The molecule has 198 valence electrons. The zero-order chi connectivity index (χ0) is 27.3. The maximum absolute atomic E-state index is 12.6. The highest BCUT2D eigenvalue weighted by Gasteiger charge is 2.37. The number of hydrogen-bond donors (Lipinski definition) is 2. The number of benzene rings is 3. The van der Waals surface area contributed by atoms with E-state index < -0.39 is 23.5 Å². The zero-order valence-corrected chi connectivity index (χ0v) is 22.0. The minimum Gasteiger partial charge on any atom is -0.480 e. The summed E-state index contributed by atoms with van der Waals surface area (Å²) in [4.78, 5) is 37.2. The van der Waals surface area contributed by atoms with Crippen molar-refractivity contribution < 1.29 is 24.2 Å². The Morgan fingerprint density at radius 2 is 1.58 bits per heavy atom. The molecular weight excluding hydrogens is 480 g/mol. The van der Waals surface area contributed by atoms with Crippen molar-refractivity contribution >= 4 is 24.0 Å². The van der Waals surface area contributed by atoms with E-state index in [1.807, 2.05) is 48.5 Å². The first kappa shape index (κ1) is 27.1. The summed E-state index contributed by atoms with van der Waals surface area (Å²) in [7, 11) is 1.76. The predicted molar refractivity (Wildman–Crippen MR) is 147 cm³/mol. The molecule has 1 aliphatic carbocycles. The summed E-state index contributed by atoms with van der Waals surface area (Å²) in [6, 6.07) is 23.1. The number of fused-ring (bicyclic) bond motifs is 3. The third-order valence-corrected chi connectivity index (χ3v) is 7.32. The van der Waals surface area contributed by atoms with Gasteiger partial charge in [-0.3, -0.25) is 15.0 Å². The summed E-state index contributed by atoms with van der Waals surface area (Å²) in [5.74, 6) is -0.944. The summed E-state index contributed by atoms with van der Waals surface area (Å²) < 4.78 is 5.62. The molecule has 0 bridgehead atoms. The Kier molecular flexibility index (Phi) is 8.27. The van der Waals surface area contributed by atoms with Gasteiger partial charge in [0.2, 0.25) is 0 Å². The molecule has 1 atom stereocenters. The topological polar surface area (TPSA) is 95.9 Å². The fraction of sp³-hybridized carbons (Fsp3) is 0.323. The molecule has 0 saturated carbocycles. The van der Waals surface area contributed by atoms with Gasteiger partial charge >= 0.3 is 12.1 Å². The van der Waals surface area contributed by atoms with Crippen LogP contribution in [0.15, 0.2) is 72.8 Å². The number of carboxylic acid groups (broad SMARTS) is 1. The standard InChI is InChI=1S/C31H34N2O5/c1-31(2,17-19-34)28(29(35)36)33(3)18-16-21-12-14-22(15-13-21)32-30(37)38-20-27-25-10-6-4-8-23(25)24-9-5-7-11-26(24)27/h4-15,19,27-28H,16-18,20H2,1-3H3,(H,32,37)(H,35,36). The molecule has 0 saturated heterocycles. The van der Waals surface area contributed by atoms with Gasteiger partial charge in [0, 0.05) is 24.6 Å². The second kappa shape index (κ2) is 11.6. The van der Waals surface area contributed by atoms with Gasteiger partial charge in [-0.25, -0.2) is 4.79 Å². The molecule has 0 aliphatic heterocycles. The molecule has 1 amide bonds. The number of anilines is 1. The molecule has 38 heavy (non-hydrogen) atoms. The Labute approximate surface area is 223 Å². The lowest BCUT2D eigenvalue weighted by atomic mass is 9.80. The van der Waals surface area contributed by atoms with Crippen LogP contribution in [-0.2, 0) is 20.7 Å². The number of carbonyl (C=O) groups is 3. The highest BCUT2D eigenvalue weighted by atomic mass is 16.5. The van der Waals surface area contributed by atoms with E-state index in [9.17, 15) is 19.5 Å². The third-order valence-electron chi connectivity index (χ3n) is 7.32. The van der Waals surface area contributed by atoms with Crippen molar-refractivity contribution in [1.29, 1.82) is 0 Å². The molecule has 0 fully saturated rings. The smallest absolute Gasteiger partial charge is 0.411 e. The first-order valence-corrected chi connectivity index (χ1v) is 12.8. The van der Waals surface area contributed by atoms with E-state index in [1.165, 1.54) is 11.1 Å². The van der Waals surface area contributed by atoms with Crippen molar-refractivity contribution in [3.05, 3.63) is 89.5 Å². The van der Waals surface area contributed by atoms with Crippen LogP contribution in [0.5, 0.6) is 0 Å². The van der Waals surface area contributed by atoms with Gasteiger partial charge in [-0.05, 0) is 58.8 Å². The molecule has 4 rings (SSSR count). The molecule has 0 heterocycles. The van der Waals surface area contributed by atoms with E-state index in [0.29, 0.717) is 18.7 Å². The first-order valence-electron chi connectivity index (χ1n) is 12.8. The van der Waals surface area contributed by atoms with E-state index >= 15 is 0 Å². The number of amides is 1. The summed E-state index contributed by atoms with van der Waals surface area (Å²) in [5, 5.41) is 12.5. The number of nitrogens with zero attached hydrogens (tertiary/aromatic N) is 1. The van der Waals surface area contributed by atoms with Gasteiger partial charge in [-0.15, -0.1) is 0 Å². The summed E-state index contributed by atoms with van der Waals surface area (Å²) >= 11 is 0. The Morgan fingerprint density at radius 3 is 2.13 bits per heavy atom. The van der Waals surface area contributed by atoms with Crippen LogP contribution in [0, 0.1) is 5.41 Å². The predicted octanol–water partition coefficient (Wildman–Crippen LogP) is 5.59. The monoisotopic (exact) mass is 514 g/mol. The summed E-state index contributed by atoms with van der Waals surface area (Å²) in [6.07, 6.45) is 1.06. The van der Waals surface area contributed by atoms with Gasteiger partial charge in [-0.1, -0.05) is 74.5 Å². The van der Waals surface area contributed by atoms with Gasteiger partial charge in [0.1, 0.15) is 18.9 Å². The number of hydrogen-bond acceptors (Lipinski definition) is 5. The van der Waals surface area contributed by atoms with Gasteiger partial charge in [-0.2, -0.15) is 0 Å². The molecule has 0 radical (unpaired) electrons. The molecule has 7 heteroatoms. The Balaban J connectivity index is 1.31. The molecular formula is C31H34N2O5. The molecule has 1 aliphatic rings. The number of ether oxygens (including phenoxy) is 1. The lowest BCUT2D eigenvalue weighted by Gasteiger charge is -2.36. The Morgan fingerprint density at radius 1 is 1.00 bits per heavy atom. The maximum atomic E-state index is 12.6. The normalized spacial score (nSPS) is 13.5. The third kappa shape index (κ3) is 5.94. The van der Waals surface area contributed by atoms with Crippen LogP contribution in [0.1, 0.15) is 42.9 Å². The fourth-order valence-electron chi connectivity index (χ4n) is 5.39. The van der Waals surface area contributed by atoms with Crippen LogP contribution in [-0.4, -0.2) is 54.6 Å². The van der Waals surface area contributed by atoms with E-state index in [0.717, 1.165) is 23.0 Å². The number of aliphatic carboxylic acids is 1. The largest absolute Gasteiger partial charge is 0.480 e. The first-order chi connectivity index (χ1) is 18.2. The SMILES string of the molecule is CN(CCc1ccc(NC(=O)OCC2c3ccccc3-c3ccccc32)cc1)C(C(=O)O)C(C)(C)CC=O. The second-order valence-electron chi connectivity index (χ2n) is 10.5. The van der Waals surface area contributed by atoms with Gasteiger partial charge in [0.15, 0.2) is 0 Å².